The van der Waals surface area contributed by atoms with Crippen LogP contribution in [0, 0.1) is 0 Å². The van der Waals surface area contributed by atoms with Crippen molar-refractivity contribution in [2.24, 2.45) is 5.10 Å². The molecule has 2 rings (SSSR count). The predicted octanol–water partition coefficient (Wildman–Crippen LogP) is 3.22. The molecule has 0 saturated carbocycles. The Balaban J connectivity index is 2.33. The maximum absolute atomic E-state index is 4.35. The molecule has 4 nitrogen and oxygen atoms in total. The largest absolute Gasteiger partial charge is 0.259 e. The van der Waals surface area contributed by atoms with E-state index in [0.717, 1.165) is 29.3 Å². The standard InChI is InChI=1S/C13H16N4/c1-3-11(4-2)15-17-13-12-8-6-5-7-10(12)9-14-16-13/h5-9H,3-4H2,1-2H3,(H,16,17). The second-order valence-corrected chi connectivity index (χ2v) is 3.78. The first-order chi connectivity index (χ1) is 8.35. The fraction of sp³-hybridized carbons (Fsp3) is 0.308. The zero-order valence-corrected chi connectivity index (χ0v) is 10.1. The fourth-order valence-electron chi connectivity index (χ4n) is 1.65. The first kappa shape index (κ1) is 11.5. The van der Waals surface area contributed by atoms with Crippen molar-refractivity contribution in [3.8, 4) is 0 Å². The van der Waals surface area contributed by atoms with Gasteiger partial charge in [-0.05, 0) is 12.8 Å². The second kappa shape index (κ2) is 5.39. The monoisotopic (exact) mass is 228 g/mol. The van der Waals surface area contributed by atoms with E-state index in [0.29, 0.717) is 5.82 Å². The summed E-state index contributed by atoms with van der Waals surface area (Å²) in [5.74, 6) is 0.711. The number of benzene rings is 1. The summed E-state index contributed by atoms with van der Waals surface area (Å²) in [5.41, 5.74) is 4.13. The molecule has 1 aromatic heterocycles. The zero-order valence-electron chi connectivity index (χ0n) is 10.1. The highest BCUT2D eigenvalue weighted by atomic mass is 15.3. The molecule has 0 radical (unpaired) electrons. The van der Waals surface area contributed by atoms with Crippen LogP contribution in [-0.4, -0.2) is 15.9 Å². The van der Waals surface area contributed by atoms with Gasteiger partial charge in [0.15, 0.2) is 5.82 Å². The average molecular weight is 228 g/mol. The van der Waals surface area contributed by atoms with Crippen LogP contribution in [0.2, 0.25) is 0 Å². The molecule has 0 spiro atoms. The van der Waals surface area contributed by atoms with E-state index in [4.69, 9.17) is 0 Å². The Morgan fingerprint density at radius 1 is 1.24 bits per heavy atom. The van der Waals surface area contributed by atoms with Gasteiger partial charge in [-0.1, -0.05) is 38.1 Å². The summed E-state index contributed by atoms with van der Waals surface area (Å²) in [6.07, 6.45) is 3.65. The van der Waals surface area contributed by atoms with Crippen LogP contribution in [0.5, 0.6) is 0 Å². The lowest BCUT2D eigenvalue weighted by molar-refractivity contribution is 1.03. The van der Waals surface area contributed by atoms with E-state index in [9.17, 15) is 0 Å². The van der Waals surface area contributed by atoms with E-state index in [-0.39, 0.29) is 0 Å². The SMILES string of the molecule is CCC(CC)=NNc1nncc2ccccc12. The van der Waals surface area contributed by atoms with Crippen LogP contribution in [0.25, 0.3) is 10.8 Å². The lowest BCUT2D eigenvalue weighted by Crippen LogP contribution is -2.01. The molecule has 17 heavy (non-hydrogen) atoms. The summed E-state index contributed by atoms with van der Waals surface area (Å²) >= 11 is 0. The fourth-order valence-corrected chi connectivity index (χ4v) is 1.65. The molecule has 4 heteroatoms. The van der Waals surface area contributed by atoms with Gasteiger partial charge in [0.25, 0.3) is 0 Å². The molecule has 1 N–H and O–H groups in total. The zero-order chi connectivity index (χ0) is 12.1. The molecule has 0 unspecified atom stereocenters. The first-order valence-electron chi connectivity index (χ1n) is 5.87. The van der Waals surface area contributed by atoms with Crippen LogP contribution in [0.1, 0.15) is 26.7 Å². The van der Waals surface area contributed by atoms with Crippen LogP contribution in [0.4, 0.5) is 5.82 Å². The van der Waals surface area contributed by atoms with Crippen LogP contribution in [0.15, 0.2) is 35.6 Å². The quantitative estimate of drug-likeness (QED) is 0.645. The summed E-state index contributed by atoms with van der Waals surface area (Å²) in [7, 11) is 0. The summed E-state index contributed by atoms with van der Waals surface area (Å²) in [4.78, 5) is 0. The number of hydrogen-bond donors (Lipinski definition) is 1. The van der Waals surface area contributed by atoms with E-state index in [1.165, 1.54) is 0 Å². The molecule has 0 aliphatic rings. The Bertz CT molecular complexity index is 522. The number of anilines is 1. The van der Waals surface area contributed by atoms with Crippen LogP contribution < -0.4 is 5.43 Å². The van der Waals surface area contributed by atoms with Crippen molar-refractivity contribution >= 4 is 22.3 Å². The minimum atomic E-state index is 0.711. The first-order valence-corrected chi connectivity index (χ1v) is 5.87. The molecule has 0 aliphatic carbocycles. The van der Waals surface area contributed by atoms with Crippen LogP contribution in [0.3, 0.4) is 0 Å². The molecular weight excluding hydrogens is 212 g/mol. The molecule has 1 aromatic carbocycles. The van der Waals surface area contributed by atoms with Gasteiger partial charge < -0.3 is 0 Å². The van der Waals surface area contributed by atoms with Crippen molar-refractivity contribution in [1.29, 1.82) is 0 Å². The Kier molecular flexibility index (Phi) is 3.65. The lowest BCUT2D eigenvalue weighted by Gasteiger charge is -2.05. The Morgan fingerprint density at radius 3 is 2.76 bits per heavy atom. The van der Waals surface area contributed by atoms with Crippen LogP contribution >= 0.6 is 0 Å². The number of hydrogen-bond acceptors (Lipinski definition) is 4. The van der Waals surface area contributed by atoms with Gasteiger partial charge in [0.1, 0.15) is 0 Å². The summed E-state index contributed by atoms with van der Waals surface area (Å²) in [6, 6.07) is 8.00. The second-order valence-electron chi connectivity index (χ2n) is 3.78. The molecular formula is C13H16N4. The minimum Gasteiger partial charge on any atom is -0.259 e. The van der Waals surface area contributed by atoms with Gasteiger partial charge in [-0.2, -0.15) is 10.2 Å². The average Bonchev–Trinajstić information content (AvgIpc) is 2.40. The highest BCUT2D eigenvalue weighted by Crippen LogP contribution is 2.19. The van der Waals surface area contributed by atoms with Gasteiger partial charge in [-0.15, -0.1) is 5.10 Å². The van der Waals surface area contributed by atoms with E-state index in [2.05, 4.69) is 34.6 Å². The molecule has 2 aromatic rings. The van der Waals surface area contributed by atoms with Crippen molar-refractivity contribution in [3.05, 3.63) is 30.5 Å². The maximum atomic E-state index is 4.35. The molecule has 0 saturated heterocycles. The number of nitrogens with zero attached hydrogens (tertiary/aromatic N) is 3. The summed E-state index contributed by atoms with van der Waals surface area (Å²) < 4.78 is 0. The topological polar surface area (TPSA) is 50.2 Å². The van der Waals surface area contributed by atoms with Crippen molar-refractivity contribution in [3.63, 3.8) is 0 Å². The van der Waals surface area contributed by atoms with Gasteiger partial charge in [0, 0.05) is 16.5 Å². The summed E-state index contributed by atoms with van der Waals surface area (Å²) in [5, 5.41) is 14.5. The number of fused-ring (bicyclic) bond motifs is 1. The van der Waals surface area contributed by atoms with E-state index < -0.39 is 0 Å². The van der Waals surface area contributed by atoms with Crippen molar-refractivity contribution < 1.29 is 0 Å². The molecule has 0 amide bonds. The molecule has 0 fully saturated rings. The van der Waals surface area contributed by atoms with Gasteiger partial charge in [0.05, 0.1) is 6.20 Å². The Labute approximate surface area is 101 Å². The summed E-state index contributed by atoms with van der Waals surface area (Å²) in [6.45, 7) is 4.19. The van der Waals surface area contributed by atoms with Crippen molar-refractivity contribution in [1.82, 2.24) is 10.2 Å². The maximum Gasteiger partial charge on any atom is 0.176 e. The van der Waals surface area contributed by atoms with Gasteiger partial charge in [-0.3, -0.25) is 5.43 Å². The van der Waals surface area contributed by atoms with Gasteiger partial charge in [-0.25, -0.2) is 0 Å². The molecule has 0 bridgehead atoms. The number of hydrazone groups is 1. The smallest absolute Gasteiger partial charge is 0.176 e. The minimum absolute atomic E-state index is 0.711. The van der Waals surface area contributed by atoms with Gasteiger partial charge >= 0.3 is 0 Å². The molecule has 1 heterocycles. The third-order valence-corrected chi connectivity index (χ3v) is 2.71. The van der Waals surface area contributed by atoms with E-state index in [1.54, 1.807) is 6.20 Å². The Morgan fingerprint density at radius 2 is 2.00 bits per heavy atom. The van der Waals surface area contributed by atoms with Crippen LogP contribution in [-0.2, 0) is 0 Å². The third kappa shape index (κ3) is 2.58. The Hall–Kier alpha value is -1.97. The third-order valence-electron chi connectivity index (χ3n) is 2.71. The lowest BCUT2D eigenvalue weighted by atomic mass is 10.2. The van der Waals surface area contributed by atoms with Gasteiger partial charge in [0.2, 0.25) is 0 Å². The van der Waals surface area contributed by atoms with Crippen molar-refractivity contribution in [2.75, 3.05) is 5.43 Å². The number of rotatable bonds is 4. The van der Waals surface area contributed by atoms with E-state index >= 15 is 0 Å². The molecule has 0 atom stereocenters. The highest BCUT2D eigenvalue weighted by molar-refractivity contribution is 5.91. The predicted molar refractivity (Wildman–Crippen MR) is 71.2 cm³/mol. The highest BCUT2D eigenvalue weighted by Gasteiger charge is 2.01. The number of nitrogens with one attached hydrogen (secondary N) is 1. The van der Waals surface area contributed by atoms with E-state index in [1.807, 2.05) is 24.3 Å². The normalized spacial score (nSPS) is 10.2. The molecule has 88 valence electrons. The van der Waals surface area contributed by atoms with Crippen molar-refractivity contribution in [2.45, 2.75) is 26.7 Å². The molecule has 0 aliphatic heterocycles. The number of aromatic nitrogens is 2.